The summed E-state index contributed by atoms with van der Waals surface area (Å²) in [6.07, 6.45) is 1.60. The first-order valence-electron chi connectivity index (χ1n) is 8.49. The molecule has 4 rings (SSSR count). The van der Waals surface area contributed by atoms with Crippen LogP contribution in [0.4, 0.5) is 5.13 Å². The van der Waals surface area contributed by atoms with Crippen LogP contribution in [0.1, 0.15) is 27.2 Å². The third-order valence-electron chi connectivity index (χ3n) is 4.52. The first-order chi connectivity index (χ1) is 13.0. The molecule has 0 aliphatic carbocycles. The Kier molecular flexibility index (Phi) is 4.72. The van der Waals surface area contributed by atoms with Crippen LogP contribution in [0.15, 0.2) is 59.2 Å². The normalized spacial score (nSPS) is 11.1. The van der Waals surface area contributed by atoms with Crippen molar-refractivity contribution >= 4 is 44.2 Å². The molecular weight excluding hydrogens is 380 g/mol. The zero-order valence-electron chi connectivity index (χ0n) is 14.9. The number of carbonyl (C=O) groups excluding carboxylic acids is 1. The summed E-state index contributed by atoms with van der Waals surface area (Å²) in [5.74, 6) is 0.528. The Morgan fingerprint density at radius 2 is 2.04 bits per heavy atom. The fraction of sp³-hybridized carbons (Fsp3) is 0.143. The van der Waals surface area contributed by atoms with Gasteiger partial charge >= 0.3 is 0 Å². The number of halogens is 1. The van der Waals surface area contributed by atoms with Gasteiger partial charge in [0.05, 0.1) is 23.0 Å². The lowest BCUT2D eigenvalue weighted by molar-refractivity contribution is 0.0983. The molecule has 27 heavy (non-hydrogen) atoms. The fourth-order valence-electron chi connectivity index (χ4n) is 2.89. The highest BCUT2D eigenvalue weighted by atomic mass is 35.5. The summed E-state index contributed by atoms with van der Waals surface area (Å²) in [6, 6.07) is 14.7. The minimum Gasteiger partial charge on any atom is -0.467 e. The largest absolute Gasteiger partial charge is 0.467 e. The summed E-state index contributed by atoms with van der Waals surface area (Å²) in [4.78, 5) is 19.7. The summed E-state index contributed by atoms with van der Waals surface area (Å²) < 4.78 is 6.52. The van der Waals surface area contributed by atoms with Gasteiger partial charge in [0.25, 0.3) is 5.91 Å². The van der Waals surface area contributed by atoms with Gasteiger partial charge in [0.2, 0.25) is 0 Å². The molecule has 2 aromatic heterocycles. The maximum atomic E-state index is 13.2. The number of hydrogen-bond donors (Lipinski definition) is 0. The number of rotatable bonds is 4. The second-order valence-electron chi connectivity index (χ2n) is 6.33. The van der Waals surface area contributed by atoms with Crippen molar-refractivity contribution in [1.29, 1.82) is 0 Å². The van der Waals surface area contributed by atoms with E-state index in [0.29, 0.717) is 28.0 Å². The van der Waals surface area contributed by atoms with E-state index in [2.05, 4.69) is 19.9 Å². The van der Waals surface area contributed by atoms with E-state index in [1.807, 2.05) is 18.2 Å². The number of furan rings is 1. The molecule has 0 unspecified atom stereocenters. The van der Waals surface area contributed by atoms with Crippen LogP contribution in [0, 0.1) is 13.8 Å². The predicted molar refractivity (Wildman–Crippen MR) is 110 cm³/mol. The molecule has 4 nitrogen and oxygen atoms in total. The van der Waals surface area contributed by atoms with Gasteiger partial charge in [-0.3, -0.25) is 9.69 Å². The van der Waals surface area contributed by atoms with Crippen LogP contribution in [0.25, 0.3) is 10.2 Å². The SMILES string of the molecule is Cc1ccc2sc(N(Cc3ccco3)C(=O)c3cccc(Cl)c3)nc2c1C. The monoisotopic (exact) mass is 396 g/mol. The Bertz CT molecular complexity index is 1120. The molecule has 0 aliphatic rings. The molecule has 0 saturated heterocycles. The van der Waals surface area contributed by atoms with E-state index in [0.717, 1.165) is 15.8 Å². The van der Waals surface area contributed by atoms with Gasteiger partial charge in [-0.25, -0.2) is 4.98 Å². The molecule has 0 N–H and O–H groups in total. The molecule has 0 fully saturated rings. The number of amides is 1. The van der Waals surface area contributed by atoms with E-state index < -0.39 is 0 Å². The van der Waals surface area contributed by atoms with E-state index in [-0.39, 0.29) is 5.91 Å². The van der Waals surface area contributed by atoms with Crippen molar-refractivity contribution in [3.63, 3.8) is 0 Å². The van der Waals surface area contributed by atoms with Crippen LogP contribution in [0.3, 0.4) is 0 Å². The average molecular weight is 397 g/mol. The molecule has 0 aliphatic heterocycles. The van der Waals surface area contributed by atoms with E-state index >= 15 is 0 Å². The van der Waals surface area contributed by atoms with Crippen molar-refractivity contribution in [2.45, 2.75) is 20.4 Å². The molecule has 0 bridgehead atoms. The number of fused-ring (bicyclic) bond motifs is 1. The molecule has 0 atom stereocenters. The van der Waals surface area contributed by atoms with Crippen LogP contribution in [0.2, 0.25) is 5.02 Å². The van der Waals surface area contributed by atoms with Crippen molar-refractivity contribution in [2.75, 3.05) is 4.90 Å². The van der Waals surface area contributed by atoms with E-state index in [4.69, 9.17) is 21.0 Å². The van der Waals surface area contributed by atoms with E-state index in [1.165, 1.54) is 16.9 Å². The zero-order valence-corrected chi connectivity index (χ0v) is 16.5. The summed E-state index contributed by atoms with van der Waals surface area (Å²) in [5.41, 5.74) is 3.75. The number of hydrogen-bond acceptors (Lipinski definition) is 4. The minimum atomic E-state index is -0.165. The standard InChI is InChI=1S/C21H17ClN2O2S/c1-13-8-9-18-19(14(13)2)23-21(27-18)24(12-17-7-4-10-26-17)20(25)15-5-3-6-16(22)11-15/h3-11H,12H2,1-2H3. The molecule has 1 amide bonds. The van der Waals surface area contributed by atoms with E-state index in [9.17, 15) is 4.79 Å². The van der Waals surface area contributed by atoms with Crippen molar-refractivity contribution in [2.24, 2.45) is 0 Å². The van der Waals surface area contributed by atoms with Gasteiger partial charge < -0.3 is 4.42 Å². The van der Waals surface area contributed by atoms with Crippen molar-refractivity contribution < 1.29 is 9.21 Å². The quantitative estimate of drug-likeness (QED) is 0.424. The average Bonchev–Trinajstić information content (AvgIpc) is 3.32. The maximum Gasteiger partial charge on any atom is 0.260 e. The zero-order chi connectivity index (χ0) is 19.0. The van der Waals surface area contributed by atoms with Crippen LogP contribution in [-0.2, 0) is 6.54 Å². The topological polar surface area (TPSA) is 46.3 Å². The van der Waals surface area contributed by atoms with Gasteiger partial charge in [-0.05, 0) is 61.4 Å². The number of aryl methyl sites for hydroxylation is 2. The molecule has 0 spiro atoms. The van der Waals surface area contributed by atoms with Crippen LogP contribution in [0.5, 0.6) is 0 Å². The summed E-state index contributed by atoms with van der Waals surface area (Å²) in [7, 11) is 0. The summed E-state index contributed by atoms with van der Waals surface area (Å²) in [5, 5.41) is 1.16. The number of benzene rings is 2. The van der Waals surface area contributed by atoms with Gasteiger partial charge in [0, 0.05) is 10.6 Å². The van der Waals surface area contributed by atoms with Gasteiger partial charge in [0.15, 0.2) is 5.13 Å². The van der Waals surface area contributed by atoms with Crippen LogP contribution in [-0.4, -0.2) is 10.9 Å². The highest BCUT2D eigenvalue weighted by Gasteiger charge is 2.23. The van der Waals surface area contributed by atoms with Crippen molar-refractivity contribution in [3.8, 4) is 0 Å². The second kappa shape index (κ2) is 7.18. The predicted octanol–water partition coefficient (Wildman–Crippen LogP) is 6.01. The molecule has 4 aromatic rings. The Labute approximate surface area is 166 Å². The number of aromatic nitrogens is 1. The number of carbonyl (C=O) groups is 1. The molecule has 2 aromatic carbocycles. The molecule has 6 heteroatoms. The number of anilines is 1. The van der Waals surface area contributed by atoms with Gasteiger partial charge in [-0.15, -0.1) is 0 Å². The van der Waals surface area contributed by atoms with Gasteiger partial charge in [-0.1, -0.05) is 35.1 Å². The smallest absolute Gasteiger partial charge is 0.260 e. The lowest BCUT2D eigenvalue weighted by Gasteiger charge is -2.19. The first kappa shape index (κ1) is 17.8. The minimum absolute atomic E-state index is 0.165. The van der Waals surface area contributed by atoms with Crippen molar-refractivity contribution in [1.82, 2.24) is 4.98 Å². The third kappa shape index (κ3) is 3.48. The van der Waals surface area contributed by atoms with Crippen LogP contribution >= 0.6 is 22.9 Å². The number of nitrogens with zero attached hydrogens (tertiary/aromatic N) is 2. The van der Waals surface area contributed by atoms with Gasteiger partial charge in [-0.2, -0.15) is 0 Å². The Hall–Kier alpha value is -2.63. The fourth-order valence-corrected chi connectivity index (χ4v) is 4.10. The molecule has 136 valence electrons. The molecular formula is C21H17ClN2O2S. The van der Waals surface area contributed by atoms with Crippen molar-refractivity contribution in [3.05, 3.63) is 82.3 Å². The lowest BCUT2D eigenvalue weighted by Crippen LogP contribution is -2.30. The second-order valence-corrected chi connectivity index (χ2v) is 7.78. The summed E-state index contributed by atoms with van der Waals surface area (Å²) >= 11 is 7.58. The lowest BCUT2D eigenvalue weighted by atomic mass is 10.1. The van der Waals surface area contributed by atoms with E-state index in [1.54, 1.807) is 35.4 Å². The number of thiazole rings is 1. The Morgan fingerprint density at radius 1 is 1.19 bits per heavy atom. The highest BCUT2D eigenvalue weighted by Crippen LogP contribution is 2.33. The molecule has 0 radical (unpaired) electrons. The molecule has 0 saturated carbocycles. The first-order valence-corrected chi connectivity index (χ1v) is 9.69. The van der Waals surface area contributed by atoms with Crippen LogP contribution < -0.4 is 4.90 Å². The van der Waals surface area contributed by atoms with Gasteiger partial charge in [0.1, 0.15) is 5.76 Å². The molecule has 2 heterocycles. The third-order valence-corrected chi connectivity index (χ3v) is 5.79. The Morgan fingerprint density at radius 3 is 2.78 bits per heavy atom. The highest BCUT2D eigenvalue weighted by molar-refractivity contribution is 7.22. The summed E-state index contributed by atoms with van der Waals surface area (Å²) in [6.45, 7) is 4.42. The maximum absolute atomic E-state index is 13.2. The Balaban J connectivity index is 1.80.